The van der Waals surface area contributed by atoms with Crippen molar-refractivity contribution in [2.75, 3.05) is 27.2 Å². The maximum absolute atomic E-state index is 13.5. The first kappa shape index (κ1) is 20.5. The summed E-state index contributed by atoms with van der Waals surface area (Å²) in [4.78, 5) is 31.9. The number of likely N-dealkylation sites (tertiary alicyclic amines) is 1. The molecule has 0 N–H and O–H groups in total. The average Bonchev–Trinajstić information content (AvgIpc) is 3.33. The number of carbonyl (C=O) groups excluding carboxylic acids is 2. The number of amides is 2. The molecule has 0 radical (unpaired) electrons. The molecule has 1 saturated heterocycles. The summed E-state index contributed by atoms with van der Waals surface area (Å²) in [5.74, 6) is 3.67. The molecule has 4 fully saturated rings. The minimum Gasteiger partial charge on any atom is -0.348 e. The van der Waals surface area contributed by atoms with E-state index in [1.807, 2.05) is 19.0 Å². The summed E-state index contributed by atoms with van der Waals surface area (Å²) in [6.45, 7) is 1.28. The number of fused-ring (bicyclic) bond motifs is 5. The lowest BCUT2D eigenvalue weighted by Gasteiger charge is -2.31. The Bertz CT molecular complexity index is 1030. The van der Waals surface area contributed by atoms with Crippen molar-refractivity contribution in [3.8, 4) is 10.4 Å². The molecule has 4 aliphatic rings. The zero-order chi connectivity index (χ0) is 22.0. The fourth-order valence-electron chi connectivity index (χ4n) is 7.46. The minimum absolute atomic E-state index is 0.158. The highest BCUT2D eigenvalue weighted by molar-refractivity contribution is 7.13. The normalized spacial score (nSPS) is 34.6. The summed E-state index contributed by atoms with van der Waals surface area (Å²) >= 11 is 1.74. The number of hydrogen-bond donors (Lipinski definition) is 0. The van der Waals surface area contributed by atoms with E-state index in [0.717, 1.165) is 18.3 Å². The van der Waals surface area contributed by atoms with Crippen LogP contribution in [0, 0.1) is 35.0 Å². The summed E-state index contributed by atoms with van der Waals surface area (Å²) in [5.41, 5.74) is 1.87. The average molecular weight is 449 g/mol. The van der Waals surface area contributed by atoms with E-state index in [4.69, 9.17) is 0 Å². The first-order chi connectivity index (χ1) is 15.5. The molecule has 1 aromatic carbocycles. The second-order valence-corrected chi connectivity index (χ2v) is 11.8. The summed E-state index contributed by atoms with van der Waals surface area (Å²) in [6.07, 6.45) is 5.48. The minimum atomic E-state index is -0.518. The molecule has 168 valence electrons. The van der Waals surface area contributed by atoms with Gasteiger partial charge >= 0.3 is 0 Å². The van der Waals surface area contributed by atoms with Gasteiger partial charge in [0.25, 0.3) is 0 Å². The van der Waals surface area contributed by atoms with Crippen molar-refractivity contribution >= 4 is 23.2 Å². The van der Waals surface area contributed by atoms with E-state index in [1.54, 1.807) is 16.2 Å². The Morgan fingerprint density at radius 2 is 1.91 bits per heavy atom. The van der Waals surface area contributed by atoms with Gasteiger partial charge in [-0.2, -0.15) is 0 Å². The Hall–Kier alpha value is -2.14. The molecule has 6 rings (SSSR count). The Kier molecular flexibility index (Phi) is 4.76. The van der Waals surface area contributed by atoms with Crippen molar-refractivity contribution in [3.05, 3.63) is 47.3 Å². The van der Waals surface area contributed by atoms with E-state index >= 15 is 0 Å². The van der Waals surface area contributed by atoms with Gasteiger partial charge in [-0.1, -0.05) is 30.3 Å². The molecule has 2 bridgehead atoms. The van der Waals surface area contributed by atoms with Crippen LogP contribution >= 0.6 is 11.3 Å². The van der Waals surface area contributed by atoms with Crippen LogP contribution < -0.4 is 0 Å². The van der Waals surface area contributed by atoms with E-state index in [-0.39, 0.29) is 11.8 Å². The molecule has 3 aliphatic carbocycles. The molecule has 1 unspecified atom stereocenters. The van der Waals surface area contributed by atoms with Crippen LogP contribution in [0.4, 0.5) is 0 Å². The summed E-state index contributed by atoms with van der Waals surface area (Å²) in [5, 5.41) is 2.10. The van der Waals surface area contributed by atoms with Gasteiger partial charge in [0, 0.05) is 38.0 Å². The summed E-state index contributed by atoms with van der Waals surface area (Å²) < 4.78 is 0. The standard InChI is InChI=1S/C27H32N2O2S/c1-28(2)26(31)27(15-17-5-3-6-18(13-17)21-7-4-12-32-21)10-11-29(16-27)25(30)24-22-19-8-9-20(14-19)23(22)24/h3-7,12-13,19-20,22-24H,8-11,14-16H2,1-2H3/t19-,20-,22-,23+,24?,27+/m0/s1. The van der Waals surface area contributed by atoms with Crippen molar-refractivity contribution in [2.45, 2.75) is 32.1 Å². The number of benzene rings is 1. The van der Waals surface area contributed by atoms with Crippen molar-refractivity contribution in [3.63, 3.8) is 0 Å². The lowest BCUT2D eigenvalue weighted by molar-refractivity contribution is -0.140. The van der Waals surface area contributed by atoms with Crippen LogP contribution in [-0.4, -0.2) is 48.8 Å². The molecule has 2 heterocycles. The van der Waals surface area contributed by atoms with E-state index in [2.05, 4.69) is 41.8 Å². The quantitative estimate of drug-likeness (QED) is 0.673. The zero-order valence-electron chi connectivity index (χ0n) is 19.0. The van der Waals surface area contributed by atoms with Gasteiger partial charge in [-0.25, -0.2) is 0 Å². The molecule has 1 aliphatic heterocycles. The lowest BCUT2D eigenvalue weighted by Crippen LogP contribution is -2.45. The Balaban J connectivity index is 1.23. The fraction of sp³-hybridized carbons (Fsp3) is 0.556. The smallest absolute Gasteiger partial charge is 0.230 e. The highest BCUT2D eigenvalue weighted by atomic mass is 32.1. The third-order valence-corrected chi connectivity index (χ3v) is 9.74. The predicted octanol–water partition coefficient (Wildman–Crippen LogP) is 4.56. The van der Waals surface area contributed by atoms with Crippen LogP contribution in [0.2, 0.25) is 0 Å². The topological polar surface area (TPSA) is 40.6 Å². The van der Waals surface area contributed by atoms with Crippen molar-refractivity contribution in [1.82, 2.24) is 9.80 Å². The molecule has 2 amide bonds. The molecule has 3 saturated carbocycles. The van der Waals surface area contributed by atoms with Crippen molar-refractivity contribution in [1.29, 1.82) is 0 Å². The lowest BCUT2D eigenvalue weighted by atomic mass is 9.79. The largest absolute Gasteiger partial charge is 0.348 e. The van der Waals surface area contributed by atoms with Gasteiger partial charge in [0.15, 0.2) is 0 Å². The third kappa shape index (κ3) is 3.15. The summed E-state index contributed by atoms with van der Waals surface area (Å²) in [7, 11) is 3.69. The van der Waals surface area contributed by atoms with Gasteiger partial charge in [-0.05, 0) is 78.3 Å². The fourth-order valence-corrected chi connectivity index (χ4v) is 8.19. The van der Waals surface area contributed by atoms with Gasteiger partial charge < -0.3 is 9.80 Å². The van der Waals surface area contributed by atoms with E-state index in [0.29, 0.717) is 37.3 Å². The van der Waals surface area contributed by atoms with Gasteiger partial charge in [0.1, 0.15) is 0 Å². The van der Waals surface area contributed by atoms with Gasteiger partial charge in [-0.15, -0.1) is 11.3 Å². The highest BCUT2D eigenvalue weighted by Crippen LogP contribution is 2.69. The predicted molar refractivity (Wildman–Crippen MR) is 127 cm³/mol. The molecular weight excluding hydrogens is 416 g/mol. The number of thiophene rings is 1. The Morgan fingerprint density at radius 3 is 2.59 bits per heavy atom. The van der Waals surface area contributed by atoms with Crippen LogP contribution in [0.15, 0.2) is 41.8 Å². The number of carbonyl (C=O) groups is 2. The molecule has 5 heteroatoms. The van der Waals surface area contributed by atoms with Crippen LogP contribution in [0.25, 0.3) is 10.4 Å². The maximum Gasteiger partial charge on any atom is 0.230 e. The number of nitrogens with zero attached hydrogens (tertiary/aromatic N) is 2. The first-order valence-electron chi connectivity index (χ1n) is 12.1. The van der Waals surface area contributed by atoms with E-state index in [1.165, 1.54) is 35.3 Å². The van der Waals surface area contributed by atoms with Gasteiger partial charge in [-0.3, -0.25) is 9.59 Å². The Labute approximate surface area is 194 Å². The van der Waals surface area contributed by atoms with E-state index < -0.39 is 5.41 Å². The second-order valence-electron chi connectivity index (χ2n) is 10.9. The third-order valence-electron chi connectivity index (χ3n) is 8.82. The van der Waals surface area contributed by atoms with Gasteiger partial charge in [0.05, 0.1) is 5.41 Å². The Morgan fingerprint density at radius 1 is 1.12 bits per heavy atom. The number of hydrogen-bond acceptors (Lipinski definition) is 3. The zero-order valence-corrected chi connectivity index (χ0v) is 19.8. The monoisotopic (exact) mass is 448 g/mol. The first-order valence-corrected chi connectivity index (χ1v) is 13.0. The molecule has 1 aromatic heterocycles. The van der Waals surface area contributed by atoms with Crippen LogP contribution in [-0.2, 0) is 16.0 Å². The van der Waals surface area contributed by atoms with Crippen molar-refractivity contribution < 1.29 is 9.59 Å². The SMILES string of the molecule is CN(C)C(=O)[C@@]1(Cc2cccc(-c3cccs3)c2)CCN(C(=O)C2[C@@H]3[C@H]4CC[C@@H](C4)[C@H]23)C1. The highest BCUT2D eigenvalue weighted by Gasteiger charge is 2.68. The van der Waals surface area contributed by atoms with Crippen LogP contribution in [0.5, 0.6) is 0 Å². The number of rotatable bonds is 5. The molecule has 32 heavy (non-hydrogen) atoms. The van der Waals surface area contributed by atoms with Gasteiger partial charge in [0.2, 0.25) is 11.8 Å². The molecule has 2 aromatic rings. The maximum atomic E-state index is 13.5. The van der Waals surface area contributed by atoms with Crippen molar-refractivity contribution in [2.24, 2.45) is 35.0 Å². The molecular formula is C27H32N2O2S. The summed E-state index contributed by atoms with van der Waals surface area (Å²) in [6, 6.07) is 12.8. The van der Waals surface area contributed by atoms with Crippen LogP contribution in [0.3, 0.4) is 0 Å². The molecule has 6 atom stereocenters. The van der Waals surface area contributed by atoms with E-state index in [9.17, 15) is 9.59 Å². The second kappa shape index (κ2) is 7.44. The molecule has 4 nitrogen and oxygen atoms in total. The molecule has 0 spiro atoms. The van der Waals surface area contributed by atoms with Crippen LogP contribution in [0.1, 0.15) is 31.2 Å².